The van der Waals surface area contributed by atoms with Gasteiger partial charge in [0.1, 0.15) is 0 Å². The molecular weight excluding hydrogens is 256 g/mol. The molecule has 2 rings (SSSR count). The van der Waals surface area contributed by atoms with Gasteiger partial charge in [0.2, 0.25) is 0 Å². The first kappa shape index (κ1) is 14.7. The summed E-state index contributed by atoms with van der Waals surface area (Å²) in [7, 11) is 2.16. The van der Waals surface area contributed by atoms with Crippen LogP contribution in [0.3, 0.4) is 0 Å². The lowest BCUT2D eigenvalue weighted by atomic mass is 9.86. The Bertz CT molecular complexity index is 423. The molecule has 2 nitrogen and oxygen atoms in total. The van der Waals surface area contributed by atoms with Crippen molar-refractivity contribution in [1.82, 2.24) is 0 Å². The van der Waals surface area contributed by atoms with Crippen LogP contribution in [0.5, 0.6) is 0 Å². The van der Waals surface area contributed by atoms with Crippen LogP contribution in [0.2, 0.25) is 5.02 Å². The van der Waals surface area contributed by atoms with Crippen molar-refractivity contribution in [2.24, 2.45) is 11.7 Å². The first-order chi connectivity index (χ1) is 8.99. The minimum atomic E-state index is 0.0346. The third kappa shape index (κ3) is 3.43. The van der Waals surface area contributed by atoms with Crippen molar-refractivity contribution in [3.63, 3.8) is 0 Å². The van der Waals surface area contributed by atoms with Crippen LogP contribution in [0.25, 0.3) is 0 Å². The van der Waals surface area contributed by atoms with Crippen LogP contribution in [0.1, 0.15) is 51.1 Å². The molecule has 1 saturated carbocycles. The minimum Gasteiger partial charge on any atom is -0.370 e. The van der Waals surface area contributed by atoms with Crippen molar-refractivity contribution < 1.29 is 0 Å². The van der Waals surface area contributed by atoms with Crippen molar-refractivity contribution in [3.8, 4) is 0 Å². The Morgan fingerprint density at radius 3 is 2.42 bits per heavy atom. The fourth-order valence-corrected chi connectivity index (χ4v) is 3.24. The monoisotopic (exact) mass is 280 g/mol. The zero-order valence-electron chi connectivity index (χ0n) is 12.2. The molecule has 0 bridgehead atoms. The smallest absolute Gasteiger partial charge is 0.0642 e. The summed E-state index contributed by atoms with van der Waals surface area (Å²) in [5.41, 5.74) is 8.12. The van der Waals surface area contributed by atoms with E-state index in [0.717, 1.165) is 22.2 Å². The van der Waals surface area contributed by atoms with Crippen LogP contribution in [-0.2, 0) is 0 Å². The molecule has 1 fully saturated rings. The highest BCUT2D eigenvalue weighted by atomic mass is 35.5. The van der Waals surface area contributed by atoms with Crippen LogP contribution in [-0.4, -0.2) is 13.1 Å². The van der Waals surface area contributed by atoms with E-state index >= 15 is 0 Å². The Morgan fingerprint density at radius 2 is 1.89 bits per heavy atom. The maximum absolute atomic E-state index is 6.42. The second-order valence-electron chi connectivity index (χ2n) is 6.02. The van der Waals surface area contributed by atoms with Gasteiger partial charge in [-0.2, -0.15) is 0 Å². The van der Waals surface area contributed by atoms with E-state index in [1.54, 1.807) is 0 Å². The normalized spacial score (nSPS) is 25.1. The van der Waals surface area contributed by atoms with Gasteiger partial charge in [0, 0.05) is 19.1 Å². The number of benzene rings is 1. The quantitative estimate of drug-likeness (QED) is 0.890. The van der Waals surface area contributed by atoms with Crippen molar-refractivity contribution in [2.75, 3.05) is 11.9 Å². The number of rotatable bonds is 3. The number of anilines is 1. The Morgan fingerprint density at radius 1 is 1.26 bits per heavy atom. The van der Waals surface area contributed by atoms with Crippen molar-refractivity contribution in [1.29, 1.82) is 0 Å². The highest BCUT2D eigenvalue weighted by Crippen LogP contribution is 2.33. The van der Waals surface area contributed by atoms with Gasteiger partial charge in [-0.15, -0.1) is 0 Å². The fraction of sp³-hybridized carbons (Fsp3) is 0.625. The van der Waals surface area contributed by atoms with Gasteiger partial charge in [0.15, 0.2) is 0 Å². The van der Waals surface area contributed by atoms with Gasteiger partial charge in [-0.25, -0.2) is 0 Å². The highest BCUT2D eigenvalue weighted by Gasteiger charge is 2.23. The predicted molar refractivity (Wildman–Crippen MR) is 83.9 cm³/mol. The molecule has 1 aromatic carbocycles. The molecule has 0 radical (unpaired) electrons. The van der Waals surface area contributed by atoms with Crippen LogP contribution in [0.4, 0.5) is 5.69 Å². The number of nitrogens with two attached hydrogens (primary N) is 1. The van der Waals surface area contributed by atoms with Crippen LogP contribution in [0.15, 0.2) is 18.2 Å². The second kappa shape index (κ2) is 6.15. The third-order valence-electron chi connectivity index (χ3n) is 4.41. The van der Waals surface area contributed by atoms with Gasteiger partial charge in [-0.05, 0) is 56.2 Å². The number of hydrogen-bond donors (Lipinski definition) is 1. The summed E-state index contributed by atoms with van der Waals surface area (Å²) < 4.78 is 0. The summed E-state index contributed by atoms with van der Waals surface area (Å²) in [6.45, 7) is 4.33. The summed E-state index contributed by atoms with van der Waals surface area (Å²) in [4.78, 5) is 2.35. The molecule has 1 unspecified atom stereocenters. The van der Waals surface area contributed by atoms with Crippen molar-refractivity contribution in [2.45, 2.75) is 51.6 Å². The van der Waals surface area contributed by atoms with Crippen molar-refractivity contribution in [3.05, 3.63) is 28.8 Å². The number of nitrogens with zero attached hydrogens (tertiary/aromatic N) is 1. The summed E-state index contributed by atoms with van der Waals surface area (Å²) >= 11 is 6.42. The molecule has 0 heterocycles. The zero-order valence-corrected chi connectivity index (χ0v) is 13.0. The van der Waals surface area contributed by atoms with E-state index in [2.05, 4.69) is 31.0 Å². The molecule has 0 spiro atoms. The maximum Gasteiger partial charge on any atom is 0.0642 e. The maximum atomic E-state index is 6.42. The molecule has 19 heavy (non-hydrogen) atoms. The zero-order chi connectivity index (χ0) is 14.0. The van der Waals surface area contributed by atoms with Gasteiger partial charge in [-0.1, -0.05) is 24.6 Å². The van der Waals surface area contributed by atoms with E-state index in [0.29, 0.717) is 6.04 Å². The Hall–Kier alpha value is -0.730. The van der Waals surface area contributed by atoms with E-state index in [1.165, 1.54) is 25.7 Å². The van der Waals surface area contributed by atoms with E-state index in [9.17, 15) is 0 Å². The van der Waals surface area contributed by atoms with E-state index in [4.69, 9.17) is 17.3 Å². The molecule has 106 valence electrons. The fourth-order valence-electron chi connectivity index (χ4n) is 2.92. The summed E-state index contributed by atoms with van der Waals surface area (Å²) in [5.74, 6) is 0.876. The lowest BCUT2D eigenvalue weighted by Crippen LogP contribution is -2.35. The van der Waals surface area contributed by atoms with Crippen molar-refractivity contribution >= 4 is 17.3 Å². The van der Waals surface area contributed by atoms with E-state index in [1.807, 2.05) is 13.0 Å². The first-order valence-electron chi connectivity index (χ1n) is 7.27. The molecule has 1 aromatic rings. The van der Waals surface area contributed by atoms with Gasteiger partial charge in [-0.3, -0.25) is 0 Å². The largest absolute Gasteiger partial charge is 0.370 e. The topological polar surface area (TPSA) is 29.3 Å². The number of hydrogen-bond acceptors (Lipinski definition) is 2. The molecule has 3 heteroatoms. The summed E-state index contributed by atoms with van der Waals surface area (Å²) in [5, 5.41) is 0.816. The molecule has 2 N–H and O–H groups in total. The van der Waals surface area contributed by atoms with Gasteiger partial charge < -0.3 is 10.6 Å². The predicted octanol–water partition coefficient (Wildman–Crippen LogP) is 4.37. The van der Waals surface area contributed by atoms with Gasteiger partial charge >= 0.3 is 0 Å². The van der Waals surface area contributed by atoms with Gasteiger partial charge in [0.25, 0.3) is 0 Å². The second-order valence-corrected chi connectivity index (χ2v) is 6.43. The Kier molecular flexibility index (Phi) is 4.75. The minimum absolute atomic E-state index is 0.0346. The average molecular weight is 281 g/mol. The first-order valence-corrected chi connectivity index (χ1v) is 7.64. The molecule has 1 atom stereocenters. The molecule has 0 aromatic heterocycles. The molecular formula is C16H25ClN2. The molecule has 0 amide bonds. The molecule has 1 aliphatic rings. The highest BCUT2D eigenvalue weighted by molar-refractivity contribution is 6.33. The molecule has 0 saturated heterocycles. The standard InChI is InChI=1S/C16H25ClN2/c1-11-4-7-14(8-5-11)19(3)16-9-6-13(12(2)18)10-15(16)17/h6,9-12,14H,4-5,7-8,18H2,1-3H3. The van der Waals surface area contributed by atoms with E-state index in [-0.39, 0.29) is 6.04 Å². The van der Waals surface area contributed by atoms with Crippen LogP contribution >= 0.6 is 11.6 Å². The third-order valence-corrected chi connectivity index (χ3v) is 4.71. The van der Waals surface area contributed by atoms with Crippen LogP contribution in [0, 0.1) is 5.92 Å². The van der Waals surface area contributed by atoms with E-state index < -0.39 is 0 Å². The SMILES string of the molecule is CC1CCC(N(C)c2ccc(C(C)N)cc2Cl)CC1. The Labute approximate surface area is 121 Å². The number of halogens is 1. The summed E-state index contributed by atoms with van der Waals surface area (Å²) in [6.07, 6.45) is 5.18. The lowest BCUT2D eigenvalue weighted by molar-refractivity contribution is 0.341. The Balaban J connectivity index is 2.12. The molecule has 1 aliphatic carbocycles. The van der Waals surface area contributed by atoms with Crippen LogP contribution < -0.4 is 10.6 Å². The molecule has 0 aliphatic heterocycles. The summed E-state index contributed by atoms with van der Waals surface area (Å²) in [6, 6.07) is 6.86. The van der Waals surface area contributed by atoms with Gasteiger partial charge in [0.05, 0.1) is 10.7 Å². The average Bonchev–Trinajstić information content (AvgIpc) is 2.38. The lowest BCUT2D eigenvalue weighted by Gasteiger charge is -2.35.